The average molecular weight is 275 g/mol. The van der Waals surface area contributed by atoms with Gasteiger partial charge in [-0.1, -0.05) is 50.1 Å². The summed E-state index contributed by atoms with van der Waals surface area (Å²) >= 11 is 0. The SMILES string of the molecule is CCC(NC(=O)C1CCCC1)(C(=O)O)c1ccccc1. The second kappa shape index (κ2) is 6.07. The number of hydrogen-bond acceptors (Lipinski definition) is 2. The van der Waals surface area contributed by atoms with Crippen LogP contribution in [0, 0.1) is 5.92 Å². The molecule has 0 spiro atoms. The van der Waals surface area contributed by atoms with E-state index >= 15 is 0 Å². The van der Waals surface area contributed by atoms with Crippen LogP contribution in [0.25, 0.3) is 0 Å². The van der Waals surface area contributed by atoms with E-state index < -0.39 is 11.5 Å². The predicted molar refractivity (Wildman–Crippen MR) is 76.1 cm³/mol. The first-order valence-electron chi connectivity index (χ1n) is 7.21. The van der Waals surface area contributed by atoms with Gasteiger partial charge in [0.1, 0.15) is 0 Å². The predicted octanol–water partition coefficient (Wildman–Crippen LogP) is 2.68. The molecule has 0 heterocycles. The zero-order chi connectivity index (χ0) is 14.6. The van der Waals surface area contributed by atoms with Crippen LogP contribution in [-0.4, -0.2) is 17.0 Å². The Hall–Kier alpha value is -1.84. The van der Waals surface area contributed by atoms with E-state index in [4.69, 9.17) is 0 Å². The molecular weight excluding hydrogens is 254 g/mol. The molecule has 20 heavy (non-hydrogen) atoms. The summed E-state index contributed by atoms with van der Waals surface area (Å²) < 4.78 is 0. The summed E-state index contributed by atoms with van der Waals surface area (Å²) in [6.45, 7) is 1.79. The molecule has 1 aromatic carbocycles. The Morgan fingerprint density at radius 2 is 1.85 bits per heavy atom. The summed E-state index contributed by atoms with van der Waals surface area (Å²) in [7, 11) is 0. The van der Waals surface area contributed by atoms with Gasteiger partial charge in [-0.15, -0.1) is 0 Å². The average Bonchev–Trinajstić information content (AvgIpc) is 2.99. The van der Waals surface area contributed by atoms with Gasteiger partial charge in [-0.2, -0.15) is 0 Å². The first-order valence-corrected chi connectivity index (χ1v) is 7.21. The van der Waals surface area contributed by atoms with Crippen molar-refractivity contribution >= 4 is 11.9 Å². The molecule has 1 fully saturated rings. The van der Waals surface area contributed by atoms with Crippen LogP contribution in [0.1, 0.15) is 44.6 Å². The summed E-state index contributed by atoms with van der Waals surface area (Å²) in [5.74, 6) is -1.17. The smallest absolute Gasteiger partial charge is 0.334 e. The normalized spacial score (nSPS) is 18.4. The number of rotatable bonds is 5. The van der Waals surface area contributed by atoms with E-state index in [2.05, 4.69) is 5.32 Å². The molecule has 1 atom stereocenters. The van der Waals surface area contributed by atoms with E-state index in [0.717, 1.165) is 25.7 Å². The van der Waals surface area contributed by atoms with Gasteiger partial charge in [0.25, 0.3) is 0 Å². The van der Waals surface area contributed by atoms with Gasteiger partial charge < -0.3 is 10.4 Å². The molecule has 0 radical (unpaired) electrons. The molecule has 1 saturated carbocycles. The van der Waals surface area contributed by atoms with Crippen LogP contribution in [0.2, 0.25) is 0 Å². The number of aliphatic carboxylic acids is 1. The van der Waals surface area contributed by atoms with E-state index in [9.17, 15) is 14.7 Å². The molecular formula is C16H21NO3. The van der Waals surface area contributed by atoms with Crippen molar-refractivity contribution in [3.05, 3.63) is 35.9 Å². The lowest BCUT2D eigenvalue weighted by molar-refractivity contribution is -0.149. The van der Waals surface area contributed by atoms with Crippen molar-refractivity contribution in [2.75, 3.05) is 0 Å². The number of carboxylic acids is 1. The molecule has 1 aliphatic rings. The fourth-order valence-electron chi connectivity index (χ4n) is 2.92. The number of carbonyl (C=O) groups excluding carboxylic acids is 1. The molecule has 1 amide bonds. The van der Waals surface area contributed by atoms with Gasteiger partial charge in [0.05, 0.1) is 0 Å². The Labute approximate surface area is 119 Å². The molecule has 1 aromatic rings. The van der Waals surface area contributed by atoms with Gasteiger partial charge in [-0.3, -0.25) is 4.79 Å². The third-order valence-corrected chi connectivity index (χ3v) is 4.22. The lowest BCUT2D eigenvalue weighted by Gasteiger charge is -2.31. The van der Waals surface area contributed by atoms with Crippen molar-refractivity contribution in [1.82, 2.24) is 5.32 Å². The van der Waals surface area contributed by atoms with Crippen LogP contribution in [0.5, 0.6) is 0 Å². The van der Waals surface area contributed by atoms with E-state index in [0.29, 0.717) is 12.0 Å². The highest BCUT2D eigenvalue weighted by atomic mass is 16.4. The van der Waals surface area contributed by atoms with Crippen molar-refractivity contribution in [2.24, 2.45) is 5.92 Å². The topological polar surface area (TPSA) is 66.4 Å². The summed E-state index contributed by atoms with van der Waals surface area (Å²) in [4.78, 5) is 24.1. The van der Waals surface area contributed by atoms with Crippen LogP contribution >= 0.6 is 0 Å². The summed E-state index contributed by atoms with van der Waals surface area (Å²) in [6.07, 6.45) is 4.15. The molecule has 0 bridgehead atoms. The molecule has 0 saturated heterocycles. The Kier molecular flexibility index (Phi) is 4.42. The van der Waals surface area contributed by atoms with Crippen molar-refractivity contribution in [1.29, 1.82) is 0 Å². The monoisotopic (exact) mass is 275 g/mol. The Morgan fingerprint density at radius 1 is 1.25 bits per heavy atom. The highest BCUT2D eigenvalue weighted by molar-refractivity contribution is 5.89. The minimum Gasteiger partial charge on any atom is -0.479 e. The van der Waals surface area contributed by atoms with Crippen molar-refractivity contribution < 1.29 is 14.7 Å². The van der Waals surface area contributed by atoms with E-state index in [1.54, 1.807) is 31.2 Å². The summed E-state index contributed by atoms with van der Waals surface area (Å²) in [5, 5.41) is 12.5. The summed E-state index contributed by atoms with van der Waals surface area (Å²) in [5.41, 5.74) is -0.692. The molecule has 1 unspecified atom stereocenters. The molecule has 0 aromatic heterocycles. The second-order valence-electron chi connectivity index (χ2n) is 5.40. The van der Waals surface area contributed by atoms with E-state index in [-0.39, 0.29) is 11.8 Å². The fourth-order valence-corrected chi connectivity index (χ4v) is 2.92. The lowest BCUT2D eigenvalue weighted by atomic mass is 9.86. The Balaban J connectivity index is 2.27. The van der Waals surface area contributed by atoms with Crippen LogP contribution in [-0.2, 0) is 15.1 Å². The Bertz CT molecular complexity index is 480. The maximum Gasteiger partial charge on any atom is 0.334 e. The molecule has 1 aliphatic carbocycles. The number of amides is 1. The van der Waals surface area contributed by atoms with Crippen LogP contribution in [0.15, 0.2) is 30.3 Å². The number of carbonyl (C=O) groups is 2. The zero-order valence-electron chi connectivity index (χ0n) is 11.8. The molecule has 4 heteroatoms. The zero-order valence-corrected chi connectivity index (χ0v) is 11.8. The first kappa shape index (κ1) is 14.6. The quantitative estimate of drug-likeness (QED) is 0.868. The van der Waals surface area contributed by atoms with Crippen molar-refractivity contribution in [2.45, 2.75) is 44.6 Å². The summed E-state index contributed by atoms with van der Waals surface area (Å²) in [6, 6.07) is 8.94. The van der Waals surface area contributed by atoms with Crippen LogP contribution < -0.4 is 5.32 Å². The molecule has 108 valence electrons. The van der Waals surface area contributed by atoms with E-state index in [1.165, 1.54) is 0 Å². The highest BCUT2D eigenvalue weighted by Gasteiger charge is 2.41. The minimum atomic E-state index is -1.32. The van der Waals surface area contributed by atoms with Gasteiger partial charge in [0, 0.05) is 5.92 Å². The van der Waals surface area contributed by atoms with Gasteiger partial charge in [0.15, 0.2) is 5.54 Å². The highest BCUT2D eigenvalue weighted by Crippen LogP contribution is 2.29. The first-order chi connectivity index (χ1) is 9.60. The van der Waals surface area contributed by atoms with Crippen LogP contribution in [0.4, 0.5) is 0 Å². The Morgan fingerprint density at radius 3 is 2.35 bits per heavy atom. The maximum absolute atomic E-state index is 12.3. The van der Waals surface area contributed by atoms with Gasteiger partial charge in [0.2, 0.25) is 5.91 Å². The minimum absolute atomic E-state index is 0.0380. The molecule has 0 aliphatic heterocycles. The number of nitrogens with one attached hydrogen (secondary N) is 1. The fraction of sp³-hybridized carbons (Fsp3) is 0.500. The largest absolute Gasteiger partial charge is 0.479 e. The van der Waals surface area contributed by atoms with Crippen molar-refractivity contribution in [3.63, 3.8) is 0 Å². The lowest BCUT2D eigenvalue weighted by Crippen LogP contribution is -2.52. The number of carboxylic acid groups (broad SMARTS) is 1. The molecule has 2 rings (SSSR count). The maximum atomic E-state index is 12.3. The van der Waals surface area contributed by atoms with Crippen LogP contribution in [0.3, 0.4) is 0 Å². The van der Waals surface area contributed by atoms with Gasteiger partial charge in [-0.25, -0.2) is 4.79 Å². The number of benzene rings is 1. The molecule has 2 N–H and O–H groups in total. The standard InChI is InChI=1S/C16H21NO3/c1-2-16(15(19)20,13-10-4-3-5-11-13)17-14(18)12-8-6-7-9-12/h3-5,10-12H,2,6-9H2,1H3,(H,17,18)(H,19,20). The van der Waals surface area contributed by atoms with Gasteiger partial charge >= 0.3 is 5.97 Å². The third kappa shape index (κ3) is 2.69. The third-order valence-electron chi connectivity index (χ3n) is 4.22. The van der Waals surface area contributed by atoms with Gasteiger partial charge in [-0.05, 0) is 24.8 Å². The van der Waals surface area contributed by atoms with E-state index in [1.807, 2.05) is 6.07 Å². The molecule has 4 nitrogen and oxygen atoms in total. The van der Waals surface area contributed by atoms with Crippen molar-refractivity contribution in [3.8, 4) is 0 Å². The second-order valence-corrected chi connectivity index (χ2v) is 5.40. The number of hydrogen-bond donors (Lipinski definition) is 2.